The second-order valence-electron chi connectivity index (χ2n) is 3.01. The van der Waals surface area contributed by atoms with E-state index in [1.807, 2.05) is 0 Å². The van der Waals surface area contributed by atoms with Gasteiger partial charge in [0.2, 0.25) is 0 Å². The number of halogens is 1. The third-order valence-corrected chi connectivity index (χ3v) is 1.83. The fraction of sp³-hybridized carbons (Fsp3) is 0.333. The summed E-state index contributed by atoms with van der Waals surface area (Å²) in [4.78, 5) is 0. The number of ether oxygens (including phenoxy) is 1. The van der Waals surface area contributed by atoms with E-state index in [0.29, 0.717) is 18.6 Å². The molecule has 0 aromatic heterocycles. The van der Waals surface area contributed by atoms with Gasteiger partial charge < -0.3 is 9.84 Å². The van der Waals surface area contributed by atoms with Crippen molar-refractivity contribution in [2.24, 2.45) is 0 Å². The fourth-order valence-electron chi connectivity index (χ4n) is 1.16. The topological polar surface area (TPSA) is 29.5 Å². The lowest BCUT2D eigenvalue weighted by Crippen LogP contribution is -1.93. The summed E-state index contributed by atoms with van der Waals surface area (Å²) in [5, 5.41) is 8.57. The van der Waals surface area contributed by atoms with Gasteiger partial charge in [-0.15, -0.1) is 0 Å². The molecule has 1 N–H and O–H groups in total. The Labute approximate surface area is 88.7 Å². The van der Waals surface area contributed by atoms with Crippen LogP contribution >= 0.6 is 0 Å². The molecule has 0 aliphatic heterocycles. The fourth-order valence-corrected chi connectivity index (χ4v) is 1.16. The number of hydrogen-bond donors (Lipinski definition) is 1. The van der Waals surface area contributed by atoms with Crippen molar-refractivity contribution in [3.63, 3.8) is 0 Å². The molecule has 0 unspecified atom stereocenters. The zero-order valence-corrected chi connectivity index (χ0v) is 8.59. The lowest BCUT2D eigenvalue weighted by Gasteiger charge is -2.02. The maximum atomic E-state index is 12.9. The van der Waals surface area contributed by atoms with Crippen LogP contribution in [0.1, 0.15) is 17.5 Å². The lowest BCUT2D eigenvalue weighted by molar-refractivity contribution is 0.184. The van der Waals surface area contributed by atoms with Crippen LogP contribution < -0.4 is 0 Å². The number of aliphatic hydroxyl groups excluding tert-OH is 1. The van der Waals surface area contributed by atoms with E-state index in [0.717, 1.165) is 5.56 Å². The Balaban J connectivity index is 2.92. The zero-order chi connectivity index (χ0) is 11.1. The molecule has 0 heterocycles. The number of methoxy groups -OCH3 is 1. The third-order valence-electron chi connectivity index (χ3n) is 1.83. The van der Waals surface area contributed by atoms with Gasteiger partial charge in [-0.25, -0.2) is 4.39 Å². The van der Waals surface area contributed by atoms with Gasteiger partial charge in [0, 0.05) is 19.1 Å². The number of rotatable bonds is 3. The normalized spacial score (nSPS) is 9.53. The standard InChI is InChI=1S/C12H13FO2/c1-15-9-11-5-6-12(13)8-10(11)4-2-3-7-14/h5-6,8,14H,3,7,9H2,1H3. The zero-order valence-electron chi connectivity index (χ0n) is 8.59. The molecule has 0 bridgehead atoms. The minimum Gasteiger partial charge on any atom is -0.395 e. The van der Waals surface area contributed by atoms with Crippen LogP contribution in [0.25, 0.3) is 0 Å². The molecule has 3 heteroatoms. The molecular weight excluding hydrogens is 195 g/mol. The van der Waals surface area contributed by atoms with Crippen molar-refractivity contribution in [3.8, 4) is 11.8 Å². The van der Waals surface area contributed by atoms with Crippen molar-refractivity contribution < 1.29 is 14.2 Å². The first-order valence-electron chi connectivity index (χ1n) is 4.65. The molecule has 0 amide bonds. The summed E-state index contributed by atoms with van der Waals surface area (Å²) < 4.78 is 17.9. The Bertz CT molecular complexity index is 377. The largest absolute Gasteiger partial charge is 0.395 e. The monoisotopic (exact) mass is 208 g/mol. The van der Waals surface area contributed by atoms with Crippen molar-refractivity contribution in [2.75, 3.05) is 13.7 Å². The number of hydrogen-bond acceptors (Lipinski definition) is 2. The molecule has 0 aliphatic carbocycles. The van der Waals surface area contributed by atoms with Crippen molar-refractivity contribution in [1.29, 1.82) is 0 Å². The van der Waals surface area contributed by atoms with Crippen LogP contribution in [0.4, 0.5) is 4.39 Å². The van der Waals surface area contributed by atoms with Crippen molar-refractivity contribution in [2.45, 2.75) is 13.0 Å². The van der Waals surface area contributed by atoms with Crippen LogP contribution in [0, 0.1) is 17.7 Å². The van der Waals surface area contributed by atoms with Crippen LogP contribution in [0.2, 0.25) is 0 Å². The average molecular weight is 208 g/mol. The van der Waals surface area contributed by atoms with Gasteiger partial charge in [-0.1, -0.05) is 17.9 Å². The highest BCUT2D eigenvalue weighted by Crippen LogP contribution is 2.11. The first-order chi connectivity index (χ1) is 7.27. The summed E-state index contributed by atoms with van der Waals surface area (Å²) in [6.45, 7) is 0.422. The Morgan fingerprint density at radius 3 is 2.93 bits per heavy atom. The van der Waals surface area contributed by atoms with Gasteiger partial charge in [-0.2, -0.15) is 0 Å². The highest BCUT2D eigenvalue weighted by Gasteiger charge is 2.01. The van der Waals surface area contributed by atoms with Crippen molar-refractivity contribution >= 4 is 0 Å². The smallest absolute Gasteiger partial charge is 0.124 e. The quantitative estimate of drug-likeness (QED) is 0.766. The molecule has 1 aromatic rings. The third kappa shape index (κ3) is 3.70. The van der Waals surface area contributed by atoms with Gasteiger partial charge in [0.05, 0.1) is 13.2 Å². The predicted molar refractivity (Wildman–Crippen MR) is 55.7 cm³/mol. The Kier molecular flexibility index (Phi) is 4.82. The molecule has 2 nitrogen and oxygen atoms in total. The lowest BCUT2D eigenvalue weighted by atomic mass is 10.1. The molecule has 0 fully saturated rings. The summed E-state index contributed by atoms with van der Waals surface area (Å²) >= 11 is 0. The summed E-state index contributed by atoms with van der Waals surface area (Å²) in [5.74, 6) is 5.25. The second-order valence-corrected chi connectivity index (χ2v) is 3.01. The summed E-state index contributed by atoms with van der Waals surface area (Å²) in [7, 11) is 1.58. The van der Waals surface area contributed by atoms with Crippen molar-refractivity contribution in [3.05, 3.63) is 35.1 Å². The summed E-state index contributed by atoms with van der Waals surface area (Å²) in [6.07, 6.45) is 0.392. The van der Waals surface area contributed by atoms with Gasteiger partial charge in [-0.05, 0) is 17.7 Å². The van der Waals surface area contributed by atoms with Gasteiger partial charge >= 0.3 is 0 Å². The maximum absolute atomic E-state index is 12.9. The minimum atomic E-state index is -0.317. The molecule has 0 radical (unpaired) electrons. The van der Waals surface area contributed by atoms with Crippen molar-refractivity contribution in [1.82, 2.24) is 0 Å². The molecule has 1 aromatic carbocycles. The molecule has 0 atom stereocenters. The van der Waals surface area contributed by atoms with Crippen LogP contribution in [0.5, 0.6) is 0 Å². The number of benzene rings is 1. The second kappa shape index (κ2) is 6.18. The minimum absolute atomic E-state index is 0.0158. The molecule has 80 valence electrons. The van der Waals surface area contributed by atoms with E-state index in [9.17, 15) is 4.39 Å². The first kappa shape index (κ1) is 11.7. The molecule has 0 saturated heterocycles. The van der Waals surface area contributed by atoms with Crippen LogP contribution in [0.3, 0.4) is 0 Å². The van der Waals surface area contributed by atoms with E-state index in [2.05, 4.69) is 11.8 Å². The Hall–Kier alpha value is -1.37. The van der Waals surface area contributed by atoms with E-state index in [1.54, 1.807) is 13.2 Å². The van der Waals surface area contributed by atoms with Crippen LogP contribution in [-0.4, -0.2) is 18.8 Å². The first-order valence-corrected chi connectivity index (χ1v) is 4.65. The van der Waals surface area contributed by atoms with Gasteiger partial charge in [0.1, 0.15) is 5.82 Å². The van der Waals surface area contributed by atoms with Gasteiger partial charge in [0.25, 0.3) is 0 Å². The molecule has 1 rings (SSSR count). The SMILES string of the molecule is COCc1ccc(F)cc1C#CCCO. The predicted octanol–water partition coefficient (Wildman–Crippen LogP) is 1.71. The highest BCUT2D eigenvalue weighted by atomic mass is 19.1. The highest BCUT2D eigenvalue weighted by molar-refractivity contribution is 5.41. The average Bonchev–Trinajstić information content (AvgIpc) is 2.22. The molecule has 0 aliphatic rings. The molecule has 0 spiro atoms. The molecule has 15 heavy (non-hydrogen) atoms. The van der Waals surface area contributed by atoms with E-state index in [1.165, 1.54) is 12.1 Å². The van der Waals surface area contributed by atoms with Gasteiger partial charge in [-0.3, -0.25) is 0 Å². The number of aliphatic hydroxyl groups is 1. The van der Waals surface area contributed by atoms with E-state index in [-0.39, 0.29) is 12.4 Å². The van der Waals surface area contributed by atoms with E-state index >= 15 is 0 Å². The maximum Gasteiger partial charge on any atom is 0.124 e. The Morgan fingerprint density at radius 1 is 1.47 bits per heavy atom. The van der Waals surface area contributed by atoms with E-state index < -0.39 is 0 Å². The van der Waals surface area contributed by atoms with E-state index in [4.69, 9.17) is 9.84 Å². The van der Waals surface area contributed by atoms with Crippen LogP contribution in [0.15, 0.2) is 18.2 Å². The van der Waals surface area contributed by atoms with Gasteiger partial charge in [0.15, 0.2) is 0 Å². The molecular formula is C12H13FO2. The van der Waals surface area contributed by atoms with Crippen LogP contribution in [-0.2, 0) is 11.3 Å². The summed E-state index contributed by atoms with van der Waals surface area (Å²) in [6, 6.07) is 4.41. The molecule has 0 saturated carbocycles. The Morgan fingerprint density at radius 2 is 2.27 bits per heavy atom. The summed E-state index contributed by atoms with van der Waals surface area (Å²) in [5.41, 5.74) is 1.47.